The molecular formula is C20H21F2N3O2S. The molecule has 2 amide bonds. The molecule has 8 heteroatoms. The maximum Gasteiger partial charge on any atom is 0.288 e. The van der Waals surface area contributed by atoms with E-state index in [4.69, 9.17) is 0 Å². The van der Waals surface area contributed by atoms with Crippen LogP contribution in [0.1, 0.15) is 23.2 Å². The molecule has 0 heterocycles. The van der Waals surface area contributed by atoms with Crippen molar-refractivity contribution < 1.29 is 18.4 Å². The Labute approximate surface area is 166 Å². The van der Waals surface area contributed by atoms with Gasteiger partial charge >= 0.3 is 0 Å². The number of anilines is 2. The van der Waals surface area contributed by atoms with Gasteiger partial charge in [0.15, 0.2) is 0 Å². The van der Waals surface area contributed by atoms with Crippen molar-refractivity contribution in [3.05, 3.63) is 54.1 Å². The minimum atomic E-state index is -2.46. The van der Waals surface area contributed by atoms with Crippen LogP contribution in [-0.4, -0.2) is 30.7 Å². The summed E-state index contributed by atoms with van der Waals surface area (Å²) in [5, 5.41) is 8.73. The highest BCUT2D eigenvalue weighted by atomic mass is 32.2. The third-order valence-corrected chi connectivity index (χ3v) is 4.91. The molecule has 1 aliphatic carbocycles. The Balaban J connectivity index is 1.55. The largest absolute Gasteiger partial charge is 0.355 e. The van der Waals surface area contributed by atoms with E-state index in [1.165, 1.54) is 0 Å². The molecule has 1 aliphatic rings. The van der Waals surface area contributed by atoms with Crippen molar-refractivity contribution in [1.82, 2.24) is 10.6 Å². The van der Waals surface area contributed by atoms with Crippen LogP contribution in [0, 0.1) is 5.92 Å². The van der Waals surface area contributed by atoms with E-state index >= 15 is 0 Å². The van der Waals surface area contributed by atoms with Crippen LogP contribution in [0.15, 0.2) is 53.4 Å². The highest BCUT2D eigenvalue weighted by Gasteiger charge is 2.29. The molecule has 148 valence electrons. The van der Waals surface area contributed by atoms with E-state index in [1.807, 2.05) is 0 Å². The molecule has 5 nitrogen and oxygen atoms in total. The Bertz CT molecular complexity index is 826. The Kier molecular flexibility index (Phi) is 6.86. The van der Waals surface area contributed by atoms with E-state index in [9.17, 15) is 18.4 Å². The van der Waals surface area contributed by atoms with Gasteiger partial charge in [-0.25, -0.2) is 0 Å². The lowest BCUT2D eigenvalue weighted by molar-refractivity contribution is -0.122. The number of alkyl halides is 2. The number of thioether (sulfide) groups is 1. The molecule has 0 saturated heterocycles. The monoisotopic (exact) mass is 405 g/mol. The standard InChI is InChI=1S/C20H21F2N3O2S/c21-20(22)28-15-9-7-14(8-10-15)25-17-4-2-1-3-16(17)19(27)24-12-11-23-18(26)13-5-6-13/h1-4,7-10,13,20,25H,5-6,11-12H2,(H,23,26)(H,24,27). The van der Waals surface area contributed by atoms with Gasteiger partial charge in [0.05, 0.1) is 11.3 Å². The van der Waals surface area contributed by atoms with Crippen LogP contribution in [0.25, 0.3) is 0 Å². The number of carbonyl (C=O) groups is 2. The minimum Gasteiger partial charge on any atom is -0.355 e. The first kappa shape index (κ1) is 20.1. The van der Waals surface area contributed by atoms with Crippen LogP contribution < -0.4 is 16.0 Å². The molecule has 3 N–H and O–H groups in total. The van der Waals surface area contributed by atoms with E-state index in [0.29, 0.717) is 46.7 Å². The summed E-state index contributed by atoms with van der Waals surface area (Å²) in [6, 6.07) is 13.6. The Morgan fingerprint density at radius 3 is 2.36 bits per heavy atom. The highest BCUT2D eigenvalue weighted by molar-refractivity contribution is 7.99. The van der Waals surface area contributed by atoms with Gasteiger partial charge in [-0.15, -0.1) is 0 Å². The second-order valence-corrected chi connectivity index (χ2v) is 7.46. The van der Waals surface area contributed by atoms with Crippen LogP contribution in [0.4, 0.5) is 20.2 Å². The summed E-state index contributed by atoms with van der Waals surface area (Å²) in [6.45, 7) is 0.727. The Morgan fingerprint density at radius 1 is 1.00 bits per heavy atom. The van der Waals surface area contributed by atoms with Crippen LogP contribution in [0.3, 0.4) is 0 Å². The number of benzene rings is 2. The van der Waals surface area contributed by atoms with Crippen molar-refractivity contribution >= 4 is 35.0 Å². The van der Waals surface area contributed by atoms with Gasteiger partial charge in [-0.05, 0) is 49.2 Å². The molecular weight excluding hydrogens is 384 g/mol. The third-order valence-electron chi connectivity index (χ3n) is 4.19. The first-order valence-electron chi connectivity index (χ1n) is 9.00. The highest BCUT2D eigenvalue weighted by Crippen LogP contribution is 2.29. The summed E-state index contributed by atoms with van der Waals surface area (Å²) in [5.41, 5.74) is 1.76. The third kappa shape index (κ3) is 5.95. The Hall–Kier alpha value is -2.61. The quantitative estimate of drug-likeness (QED) is 0.436. The average Bonchev–Trinajstić information content (AvgIpc) is 3.52. The number of hydrogen-bond acceptors (Lipinski definition) is 4. The number of halogens is 2. The predicted octanol–water partition coefficient (Wildman–Crippen LogP) is 4.00. The van der Waals surface area contributed by atoms with Crippen molar-refractivity contribution in [2.75, 3.05) is 18.4 Å². The van der Waals surface area contributed by atoms with Crippen molar-refractivity contribution in [2.24, 2.45) is 5.92 Å². The molecule has 1 fully saturated rings. The van der Waals surface area contributed by atoms with E-state index in [0.717, 1.165) is 12.8 Å². The van der Waals surface area contributed by atoms with Gasteiger partial charge in [0.2, 0.25) is 5.91 Å². The molecule has 0 radical (unpaired) electrons. The van der Waals surface area contributed by atoms with E-state index in [-0.39, 0.29) is 17.7 Å². The fourth-order valence-electron chi connectivity index (χ4n) is 2.61. The molecule has 28 heavy (non-hydrogen) atoms. The van der Waals surface area contributed by atoms with Gasteiger partial charge in [-0.2, -0.15) is 8.78 Å². The van der Waals surface area contributed by atoms with Crippen LogP contribution in [-0.2, 0) is 4.79 Å². The van der Waals surface area contributed by atoms with Crippen LogP contribution in [0.5, 0.6) is 0 Å². The summed E-state index contributed by atoms with van der Waals surface area (Å²) >= 11 is 0.485. The van der Waals surface area contributed by atoms with Gasteiger partial charge in [0.25, 0.3) is 11.7 Å². The number of carbonyl (C=O) groups excluding carboxylic acids is 2. The predicted molar refractivity (Wildman–Crippen MR) is 106 cm³/mol. The molecule has 3 rings (SSSR count). The lowest BCUT2D eigenvalue weighted by Gasteiger charge is -2.13. The number of amides is 2. The van der Waals surface area contributed by atoms with Gasteiger partial charge in [0.1, 0.15) is 0 Å². The summed E-state index contributed by atoms with van der Waals surface area (Å²) < 4.78 is 24.8. The number of hydrogen-bond donors (Lipinski definition) is 3. The second kappa shape index (κ2) is 9.54. The molecule has 0 aromatic heterocycles. The Morgan fingerprint density at radius 2 is 1.68 bits per heavy atom. The van der Waals surface area contributed by atoms with Gasteiger partial charge in [0, 0.05) is 29.6 Å². The fraction of sp³-hybridized carbons (Fsp3) is 0.300. The normalized spacial score (nSPS) is 13.2. The van der Waals surface area contributed by atoms with Crippen LogP contribution >= 0.6 is 11.8 Å². The SMILES string of the molecule is O=C(NCCNC(=O)C1CC1)c1ccccc1Nc1ccc(SC(F)F)cc1. The minimum absolute atomic E-state index is 0.0461. The zero-order valence-electron chi connectivity index (χ0n) is 15.1. The fourth-order valence-corrected chi connectivity index (χ4v) is 3.11. The number of rotatable bonds is 9. The number of nitrogens with one attached hydrogen (secondary N) is 3. The zero-order chi connectivity index (χ0) is 19.9. The molecule has 0 unspecified atom stereocenters. The van der Waals surface area contributed by atoms with Crippen molar-refractivity contribution in [3.8, 4) is 0 Å². The second-order valence-electron chi connectivity index (χ2n) is 6.39. The van der Waals surface area contributed by atoms with Crippen molar-refractivity contribution in [3.63, 3.8) is 0 Å². The molecule has 0 spiro atoms. The molecule has 2 aromatic rings. The summed E-state index contributed by atoms with van der Waals surface area (Å²) in [6.07, 6.45) is 1.89. The maximum absolute atomic E-state index is 12.5. The van der Waals surface area contributed by atoms with Gasteiger partial charge in [-0.3, -0.25) is 9.59 Å². The van der Waals surface area contributed by atoms with E-state index < -0.39 is 5.76 Å². The first-order valence-corrected chi connectivity index (χ1v) is 9.88. The molecule has 0 aliphatic heterocycles. The summed E-state index contributed by atoms with van der Waals surface area (Å²) in [5.74, 6) is -2.53. The van der Waals surface area contributed by atoms with Crippen LogP contribution in [0.2, 0.25) is 0 Å². The number of para-hydroxylation sites is 1. The smallest absolute Gasteiger partial charge is 0.288 e. The lowest BCUT2D eigenvalue weighted by atomic mass is 10.1. The maximum atomic E-state index is 12.5. The lowest BCUT2D eigenvalue weighted by Crippen LogP contribution is -2.35. The van der Waals surface area contributed by atoms with Crippen molar-refractivity contribution in [1.29, 1.82) is 0 Å². The van der Waals surface area contributed by atoms with Gasteiger partial charge < -0.3 is 16.0 Å². The van der Waals surface area contributed by atoms with Crippen molar-refractivity contribution in [2.45, 2.75) is 23.5 Å². The van der Waals surface area contributed by atoms with E-state index in [2.05, 4.69) is 16.0 Å². The first-order chi connectivity index (χ1) is 13.5. The summed E-state index contributed by atoms with van der Waals surface area (Å²) in [7, 11) is 0. The molecule has 1 saturated carbocycles. The molecule has 2 aromatic carbocycles. The summed E-state index contributed by atoms with van der Waals surface area (Å²) in [4.78, 5) is 24.5. The molecule has 0 bridgehead atoms. The molecule has 0 atom stereocenters. The average molecular weight is 405 g/mol. The van der Waals surface area contributed by atoms with E-state index in [1.54, 1.807) is 48.5 Å². The zero-order valence-corrected chi connectivity index (χ0v) is 15.9. The van der Waals surface area contributed by atoms with Gasteiger partial charge in [-0.1, -0.05) is 23.9 Å². The topological polar surface area (TPSA) is 70.2 Å².